The van der Waals surface area contributed by atoms with Crippen molar-refractivity contribution in [3.05, 3.63) is 24.3 Å². The van der Waals surface area contributed by atoms with Crippen LogP contribution in [0.2, 0.25) is 0 Å². The molecule has 0 saturated carbocycles. The second-order valence-electron chi connectivity index (χ2n) is 3.81. The Morgan fingerprint density at radius 1 is 1.12 bits per heavy atom. The van der Waals surface area contributed by atoms with Crippen LogP contribution in [0.4, 0.5) is 11.4 Å². The van der Waals surface area contributed by atoms with Crippen LogP contribution < -0.4 is 16.1 Å². The molecular weight excluding hydrogens is 204 g/mol. The van der Waals surface area contributed by atoms with Gasteiger partial charge < -0.3 is 10.6 Å². The van der Waals surface area contributed by atoms with Gasteiger partial charge in [-0.15, -0.1) is 0 Å². The molecule has 1 aliphatic heterocycles. The summed E-state index contributed by atoms with van der Waals surface area (Å²) < 4.78 is 0. The number of benzene rings is 1. The van der Waals surface area contributed by atoms with Crippen LogP contribution in [0, 0.1) is 0 Å². The monoisotopic (exact) mass is 220 g/mol. The number of hydrogen-bond acceptors (Lipinski definition) is 4. The molecule has 1 aromatic carbocycles. The van der Waals surface area contributed by atoms with Crippen LogP contribution >= 0.6 is 0 Å². The van der Waals surface area contributed by atoms with Gasteiger partial charge in [0.05, 0.1) is 0 Å². The van der Waals surface area contributed by atoms with Crippen LogP contribution in [-0.2, 0) is 4.79 Å². The second-order valence-corrected chi connectivity index (χ2v) is 3.81. The van der Waals surface area contributed by atoms with Crippen LogP contribution in [0.15, 0.2) is 24.3 Å². The van der Waals surface area contributed by atoms with Gasteiger partial charge >= 0.3 is 0 Å². The van der Waals surface area contributed by atoms with E-state index in [0.717, 1.165) is 38.3 Å². The Balaban J connectivity index is 1.93. The van der Waals surface area contributed by atoms with E-state index in [4.69, 9.17) is 5.73 Å². The normalized spacial score (nSPS) is 17.1. The molecule has 1 saturated heterocycles. The molecule has 0 unspecified atom stereocenters. The summed E-state index contributed by atoms with van der Waals surface area (Å²) >= 11 is 0. The third-order valence-corrected chi connectivity index (χ3v) is 2.77. The lowest BCUT2D eigenvalue weighted by atomic mass is 10.2. The van der Waals surface area contributed by atoms with Crippen molar-refractivity contribution in [2.75, 3.05) is 36.8 Å². The highest BCUT2D eigenvalue weighted by molar-refractivity contribution is 5.53. The number of hydrogen-bond donors (Lipinski definition) is 2. The summed E-state index contributed by atoms with van der Waals surface area (Å²) in [5, 5.41) is 1.92. The molecule has 16 heavy (non-hydrogen) atoms. The van der Waals surface area contributed by atoms with Gasteiger partial charge in [0, 0.05) is 37.6 Å². The van der Waals surface area contributed by atoms with E-state index in [-0.39, 0.29) is 0 Å². The van der Waals surface area contributed by atoms with Crippen molar-refractivity contribution in [3.8, 4) is 0 Å². The van der Waals surface area contributed by atoms with Gasteiger partial charge in [-0.1, -0.05) is 0 Å². The van der Waals surface area contributed by atoms with E-state index in [1.54, 1.807) is 0 Å². The van der Waals surface area contributed by atoms with E-state index >= 15 is 0 Å². The van der Waals surface area contributed by atoms with E-state index in [9.17, 15) is 4.79 Å². The number of amides is 1. The number of carbonyl (C=O) groups excluding carboxylic acids is 1. The van der Waals surface area contributed by atoms with E-state index < -0.39 is 0 Å². The first-order valence-electron chi connectivity index (χ1n) is 5.35. The third-order valence-electron chi connectivity index (χ3n) is 2.77. The fourth-order valence-electron chi connectivity index (χ4n) is 1.85. The summed E-state index contributed by atoms with van der Waals surface area (Å²) in [6, 6.07) is 7.87. The number of nitrogens with one attached hydrogen (secondary N) is 1. The summed E-state index contributed by atoms with van der Waals surface area (Å²) in [7, 11) is 0. The molecule has 0 atom stereocenters. The number of rotatable bonds is 3. The molecule has 0 aliphatic carbocycles. The molecule has 5 heteroatoms. The SMILES string of the molecule is Nc1ccc(N2CCN(NC=O)CC2)cc1. The number of nitrogens with two attached hydrogens (primary N) is 1. The van der Waals surface area contributed by atoms with Gasteiger partial charge in [0.25, 0.3) is 0 Å². The quantitative estimate of drug-likeness (QED) is 0.558. The van der Waals surface area contributed by atoms with Crippen LogP contribution in [0.5, 0.6) is 0 Å². The van der Waals surface area contributed by atoms with Crippen LogP contribution in [0.3, 0.4) is 0 Å². The average Bonchev–Trinajstić information content (AvgIpc) is 2.32. The highest BCUT2D eigenvalue weighted by Crippen LogP contribution is 2.17. The van der Waals surface area contributed by atoms with Gasteiger partial charge in [-0.25, -0.2) is 5.01 Å². The van der Waals surface area contributed by atoms with Crippen molar-refractivity contribution in [2.24, 2.45) is 0 Å². The zero-order valence-electron chi connectivity index (χ0n) is 9.10. The maximum atomic E-state index is 10.3. The van der Waals surface area contributed by atoms with Crippen molar-refractivity contribution in [3.63, 3.8) is 0 Å². The van der Waals surface area contributed by atoms with Gasteiger partial charge in [0.15, 0.2) is 0 Å². The molecule has 1 aromatic rings. The van der Waals surface area contributed by atoms with E-state index in [0.29, 0.717) is 0 Å². The Bertz CT molecular complexity index is 344. The molecular formula is C11H16N4O. The highest BCUT2D eigenvalue weighted by atomic mass is 16.1. The minimum absolute atomic E-state index is 0.721. The molecule has 0 aromatic heterocycles. The van der Waals surface area contributed by atoms with Crippen LogP contribution in [-0.4, -0.2) is 37.6 Å². The largest absolute Gasteiger partial charge is 0.399 e. The Morgan fingerprint density at radius 2 is 1.75 bits per heavy atom. The van der Waals surface area contributed by atoms with E-state index in [1.807, 2.05) is 29.3 Å². The lowest BCUT2D eigenvalue weighted by molar-refractivity contribution is -0.113. The first kappa shape index (κ1) is 10.8. The molecule has 5 nitrogen and oxygen atoms in total. The number of nitrogen functional groups attached to an aromatic ring is 1. The van der Waals surface area contributed by atoms with Crippen molar-refractivity contribution >= 4 is 17.8 Å². The van der Waals surface area contributed by atoms with Gasteiger partial charge in [0.2, 0.25) is 6.41 Å². The lowest BCUT2D eigenvalue weighted by Crippen LogP contribution is -2.51. The van der Waals surface area contributed by atoms with Gasteiger partial charge in [-0.05, 0) is 24.3 Å². The maximum absolute atomic E-state index is 10.3. The third kappa shape index (κ3) is 2.43. The molecule has 1 aliphatic rings. The summed E-state index contributed by atoms with van der Waals surface area (Å²) in [5.74, 6) is 0. The number of carbonyl (C=O) groups is 1. The Kier molecular flexibility index (Phi) is 3.26. The molecule has 0 radical (unpaired) electrons. The van der Waals surface area contributed by atoms with Crippen molar-refractivity contribution in [2.45, 2.75) is 0 Å². The van der Waals surface area contributed by atoms with Gasteiger partial charge in [0.1, 0.15) is 0 Å². The fraction of sp³-hybridized carbons (Fsp3) is 0.364. The maximum Gasteiger partial charge on any atom is 0.221 e. The molecule has 1 heterocycles. The minimum Gasteiger partial charge on any atom is -0.399 e. The number of piperazine rings is 1. The number of nitrogens with zero attached hydrogens (tertiary/aromatic N) is 2. The second kappa shape index (κ2) is 4.85. The predicted molar refractivity (Wildman–Crippen MR) is 63.8 cm³/mol. The van der Waals surface area contributed by atoms with E-state index in [1.165, 1.54) is 5.69 Å². The minimum atomic E-state index is 0.721. The Hall–Kier alpha value is -1.75. The molecule has 86 valence electrons. The topological polar surface area (TPSA) is 61.6 Å². The standard InChI is InChI=1S/C11H16N4O/c12-10-1-3-11(4-2-10)14-5-7-15(8-6-14)13-9-16/h1-4,9H,5-8,12H2,(H,13,16). The van der Waals surface area contributed by atoms with Crippen molar-refractivity contribution in [1.29, 1.82) is 0 Å². The summed E-state index contributed by atoms with van der Waals surface area (Å²) in [6.45, 7) is 3.49. The molecule has 0 bridgehead atoms. The lowest BCUT2D eigenvalue weighted by Gasteiger charge is -2.35. The first-order chi connectivity index (χ1) is 7.79. The van der Waals surface area contributed by atoms with Crippen molar-refractivity contribution in [1.82, 2.24) is 10.4 Å². The number of anilines is 2. The average molecular weight is 220 g/mol. The van der Waals surface area contributed by atoms with Crippen LogP contribution in [0.25, 0.3) is 0 Å². The zero-order valence-corrected chi connectivity index (χ0v) is 9.10. The molecule has 1 fully saturated rings. The van der Waals surface area contributed by atoms with Crippen LogP contribution in [0.1, 0.15) is 0 Å². The van der Waals surface area contributed by atoms with E-state index in [2.05, 4.69) is 10.3 Å². The molecule has 1 amide bonds. The molecule has 2 rings (SSSR count). The zero-order chi connectivity index (χ0) is 11.4. The summed E-state index contributed by atoms with van der Waals surface area (Å²) in [4.78, 5) is 12.6. The Labute approximate surface area is 94.8 Å². The molecule has 0 spiro atoms. The van der Waals surface area contributed by atoms with Crippen molar-refractivity contribution < 1.29 is 4.79 Å². The molecule has 3 N–H and O–H groups in total. The summed E-state index contributed by atoms with van der Waals surface area (Å²) in [6.07, 6.45) is 0.721. The smallest absolute Gasteiger partial charge is 0.221 e. The fourth-order valence-corrected chi connectivity index (χ4v) is 1.85. The first-order valence-corrected chi connectivity index (χ1v) is 5.35. The number of hydrazine groups is 1. The Morgan fingerprint density at radius 3 is 2.31 bits per heavy atom. The van der Waals surface area contributed by atoms with Gasteiger partial charge in [-0.3, -0.25) is 10.2 Å². The summed E-state index contributed by atoms with van der Waals surface area (Å²) in [5.41, 5.74) is 10.3. The van der Waals surface area contributed by atoms with Gasteiger partial charge in [-0.2, -0.15) is 0 Å². The highest BCUT2D eigenvalue weighted by Gasteiger charge is 2.16. The predicted octanol–water partition coefficient (Wildman–Crippen LogP) is 0.0518.